The third kappa shape index (κ3) is 2.53. The maximum atomic E-state index is 8.87. The number of aliphatic hydroxyl groups is 1. The first-order valence-electron chi connectivity index (χ1n) is 6.42. The van der Waals surface area contributed by atoms with E-state index >= 15 is 0 Å². The number of aromatic nitrogens is 1. The number of thiazole rings is 1. The summed E-state index contributed by atoms with van der Waals surface area (Å²) in [6.45, 7) is 0.225. The lowest BCUT2D eigenvalue weighted by molar-refractivity contribution is 0.288. The molecule has 0 amide bonds. The lowest BCUT2D eigenvalue weighted by Crippen LogP contribution is -1.88. The molecule has 0 spiro atoms. The Labute approximate surface area is 116 Å². The van der Waals surface area contributed by atoms with Crippen molar-refractivity contribution in [2.45, 2.75) is 12.8 Å². The van der Waals surface area contributed by atoms with Crippen LogP contribution in [0.15, 0.2) is 47.8 Å². The minimum Gasteiger partial charge on any atom is -0.396 e. The SMILES string of the molecule is OCCCc1nc(-c2cccc3ccccc23)cs1. The molecule has 0 aliphatic rings. The first-order valence-corrected chi connectivity index (χ1v) is 7.30. The number of hydrogen-bond acceptors (Lipinski definition) is 3. The van der Waals surface area contributed by atoms with Crippen molar-refractivity contribution in [2.24, 2.45) is 0 Å². The molecular formula is C16H15NOS. The molecule has 2 nitrogen and oxygen atoms in total. The molecule has 0 saturated carbocycles. The second kappa shape index (κ2) is 5.51. The Morgan fingerprint density at radius 1 is 1.05 bits per heavy atom. The van der Waals surface area contributed by atoms with Gasteiger partial charge in [0.1, 0.15) is 0 Å². The number of nitrogens with zero attached hydrogens (tertiary/aromatic N) is 1. The first-order chi connectivity index (χ1) is 9.38. The normalized spacial score (nSPS) is 11.0. The predicted octanol–water partition coefficient (Wildman–Crippen LogP) is 3.89. The van der Waals surface area contributed by atoms with Crippen LogP contribution in [-0.2, 0) is 6.42 Å². The molecule has 2 aromatic carbocycles. The number of aryl methyl sites for hydroxylation is 1. The average molecular weight is 269 g/mol. The molecule has 19 heavy (non-hydrogen) atoms. The molecular weight excluding hydrogens is 254 g/mol. The molecule has 1 heterocycles. The number of fused-ring (bicyclic) bond motifs is 1. The fourth-order valence-corrected chi connectivity index (χ4v) is 3.07. The summed E-state index contributed by atoms with van der Waals surface area (Å²) in [6, 6.07) is 14.7. The van der Waals surface area contributed by atoms with E-state index in [-0.39, 0.29) is 6.61 Å². The van der Waals surface area contributed by atoms with Gasteiger partial charge in [-0.05, 0) is 17.2 Å². The Morgan fingerprint density at radius 3 is 2.79 bits per heavy atom. The van der Waals surface area contributed by atoms with Gasteiger partial charge in [0.05, 0.1) is 10.7 Å². The molecule has 0 atom stereocenters. The molecule has 0 unspecified atom stereocenters. The Morgan fingerprint density at radius 2 is 1.89 bits per heavy atom. The lowest BCUT2D eigenvalue weighted by Gasteiger charge is -2.03. The minimum atomic E-state index is 0.225. The highest BCUT2D eigenvalue weighted by molar-refractivity contribution is 7.09. The zero-order valence-electron chi connectivity index (χ0n) is 10.5. The summed E-state index contributed by atoms with van der Waals surface area (Å²) in [5, 5.41) is 14.6. The number of aliphatic hydroxyl groups excluding tert-OH is 1. The Kier molecular flexibility index (Phi) is 3.58. The van der Waals surface area contributed by atoms with Crippen LogP contribution in [-0.4, -0.2) is 16.7 Å². The summed E-state index contributed by atoms with van der Waals surface area (Å²) in [6.07, 6.45) is 1.63. The molecule has 3 aromatic rings. The van der Waals surface area contributed by atoms with Crippen molar-refractivity contribution in [1.82, 2.24) is 4.98 Å². The zero-order valence-corrected chi connectivity index (χ0v) is 11.4. The maximum absolute atomic E-state index is 8.87. The maximum Gasteiger partial charge on any atom is 0.0933 e. The van der Waals surface area contributed by atoms with E-state index in [0.717, 1.165) is 23.5 Å². The summed E-state index contributed by atoms with van der Waals surface area (Å²) >= 11 is 1.67. The van der Waals surface area contributed by atoms with Gasteiger partial charge in [0, 0.05) is 24.0 Å². The molecule has 3 heteroatoms. The quantitative estimate of drug-likeness (QED) is 0.779. The van der Waals surface area contributed by atoms with Crippen LogP contribution in [0.25, 0.3) is 22.0 Å². The van der Waals surface area contributed by atoms with Gasteiger partial charge in [0.25, 0.3) is 0 Å². The van der Waals surface area contributed by atoms with Crippen LogP contribution >= 0.6 is 11.3 Å². The molecule has 0 fully saturated rings. The van der Waals surface area contributed by atoms with E-state index in [1.165, 1.54) is 16.3 Å². The highest BCUT2D eigenvalue weighted by Gasteiger charge is 2.07. The third-order valence-electron chi connectivity index (χ3n) is 3.17. The van der Waals surface area contributed by atoms with Gasteiger partial charge in [0.15, 0.2) is 0 Å². The number of rotatable bonds is 4. The van der Waals surface area contributed by atoms with Gasteiger partial charge >= 0.3 is 0 Å². The second-order valence-electron chi connectivity index (χ2n) is 4.48. The predicted molar refractivity (Wildman–Crippen MR) is 80.5 cm³/mol. The fraction of sp³-hybridized carbons (Fsp3) is 0.188. The van der Waals surface area contributed by atoms with Crippen molar-refractivity contribution >= 4 is 22.1 Å². The van der Waals surface area contributed by atoms with E-state index in [1.54, 1.807) is 11.3 Å². The van der Waals surface area contributed by atoms with E-state index < -0.39 is 0 Å². The molecule has 0 aliphatic carbocycles. The molecule has 96 valence electrons. The molecule has 0 saturated heterocycles. The zero-order chi connectivity index (χ0) is 13.1. The summed E-state index contributed by atoms with van der Waals surface area (Å²) in [7, 11) is 0. The first kappa shape index (κ1) is 12.3. The van der Waals surface area contributed by atoms with Crippen LogP contribution in [0.5, 0.6) is 0 Å². The summed E-state index contributed by atoms with van der Waals surface area (Å²) < 4.78 is 0. The van der Waals surface area contributed by atoms with Crippen molar-refractivity contribution in [3.8, 4) is 11.3 Å². The largest absolute Gasteiger partial charge is 0.396 e. The van der Waals surface area contributed by atoms with E-state index in [2.05, 4.69) is 52.8 Å². The Hall–Kier alpha value is -1.71. The second-order valence-corrected chi connectivity index (χ2v) is 5.42. The van der Waals surface area contributed by atoms with Crippen LogP contribution in [0.3, 0.4) is 0 Å². The Bertz CT molecular complexity index is 685. The highest BCUT2D eigenvalue weighted by atomic mass is 32.1. The molecule has 1 aromatic heterocycles. The molecule has 1 N–H and O–H groups in total. The van der Waals surface area contributed by atoms with Crippen LogP contribution in [0, 0.1) is 0 Å². The van der Waals surface area contributed by atoms with Crippen LogP contribution in [0.1, 0.15) is 11.4 Å². The van der Waals surface area contributed by atoms with Gasteiger partial charge in [-0.25, -0.2) is 4.98 Å². The summed E-state index contributed by atoms with van der Waals surface area (Å²) in [4.78, 5) is 4.68. The topological polar surface area (TPSA) is 33.1 Å². The lowest BCUT2D eigenvalue weighted by atomic mass is 10.0. The van der Waals surface area contributed by atoms with Crippen molar-refractivity contribution in [2.75, 3.05) is 6.61 Å². The average Bonchev–Trinajstić information content (AvgIpc) is 2.93. The smallest absolute Gasteiger partial charge is 0.0933 e. The van der Waals surface area contributed by atoms with Crippen molar-refractivity contribution in [3.63, 3.8) is 0 Å². The van der Waals surface area contributed by atoms with E-state index in [4.69, 9.17) is 5.11 Å². The van der Waals surface area contributed by atoms with Gasteiger partial charge in [0.2, 0.25) is 0 Å². The van der Waals surface area contributed by atoms with Crippen LogP contribution < -0.4 is 0 Å². The van der Waals surface area contributed by atoms with Gasteiger partial charge < -0.3 is 5.11 Å². The molecule has 0 aliphatic heterocycles. The van der Waals surface area contributed by atoms with Gasteiger partial charge in [-0.2, -0.15) is 0 Å². The highest BCUT2D eigenvalue weighted by Crippen LogP contribution is 2.29. The Balaban J connectivity index is 2.02. The van der Waals surface area contributed by atoms with Gasteiger partial charge in [-0.15, -0.1) is 11.3 Å². The summed E-state index contributed by atoms with van der Waals surface area (Å²) in [5.74, 6) is 0. The minimum absolute atomic E-state index is 0.225. The number of hydrogen-bond donors (Lipinski definition) is 1. The van der Waals surface area contributed by atoms with Crippen molar-refractivity contribution in [1.29, 1.82) is 0 Å². The van der Waals surface area contributed by atoms with Crippen molar-refractivity contribution < 1.29 is 5.11 Å². The molecule has 0 bridgehead atoms. The van der Waals surface area contributed by atoms with Gasteiger partial charge in [-0.3, -0.25) is 0 Å². The third-order valence-corrected chi connectivity index (χ3v) is 4.07. The van der Waals surface area contributed by atoms with E-state index in [1.807, 2.05) is 0 Å². The van der Waals surface area contributed by atoms with E-state index in [9.17, 15) is 0 Å². The molecule has 0 radical (unpaired) electrons. The fourth-order valence-electron chi connectivity index (χ4n) is 2.23. The summed E-state index contributed by atoms with van der Waals surface area (Å²) in [5.41, 5.74) is 2.22. The van der Waals surface area contributed by atoms with Crippen molar-refractivity contribution in [3.05, 3.63) is 52.9 Å². The van der Waals surface area contributed by atoms with E-state index in [0.29, 0.717) is 0 Å². The van der Waals surface area contributed by atoms with Gasteiger partial charge in [-0.1, -0.05) is 42.5 Å². The molecule has 3 rings (SSSR count). The van der Waals surface area contributed by atoms with Crippen LogP contribution in [0.4, 0.5) is 0 Å². The monoisotopic (exact) mass is 269 g/mol. The standard InChI is InChI=1S/C16H15NOS/c18-10-4-9-16-17-15(11-19-16)14-8-3-6-12-5-1-2-7-13(12)14/h1-3,5-8,11,18H,4,9-10H2. The number of benzene rings is 2. The van der Waals surface area contributed by atoms with Crippen LogP contribution in [0.2, 0.25) is 0 Å².